The summed E-state index contributed by atoms with van der Waals surface area (Å²) < 4.78 is 3.94. The quantitative estimate of drug-likeness (QED) is 0.844. The highest BCUT2D eigenvalue weighted by Gasteiger charge is 2.48. The predicted molar refractivity (Wildman–Crippen MR) is 99.2 cm³/mol. The number of carbonyl (C=O) groups excluding carboxylic acids is 1. The van der Waals surface area contributed by atoms with Crippen molar-refractivity contribution < 1.29 is 4.79 Å². The van der Waals surface area contributed by atoms with Crippen molar-refractivity contribution in [3.05, 3.63) is 27.2 Å². The van der Waals surface area contributed by atoms with E-state index in [-0.39, 0.29) is 18.5 Å². The molecule has 144 valence electrons. The minimum atomic E-state index is -0.508. The number of hydrogen-bond acceptors (Lipinski definition) is 4. The highest BCUT2D eigenvalue weighted by Crippen LogP contribution is 2.53. The van der Waals surface area contributed by atoms with Gasteiger partial charge in [-0.3, -0.25) is 14.2 Å². The summed E-state index contributed by atoms with van der Waals surface area (Å²) in [6, 6.07) is 0.199. The summed E-state index contributed by atoms with van der Waals surface area (Å²) in [7, 11) is 3.28. The molecule has 8 heteroatoms. The summed E-state index contributed by atoms with van der Waals surface area (Å²) in [5.74, 6) is 2.55. The molecule has 0 radical (unpaired) electrons. The average molecular weight is 371 g/mol. The lowest BCUT2D eigenvalue weighted by molar-refractivity contribution is -0.125. The van der Waals surface area contributed by atoms with Crippen LogP contribution in [0.15, 0.2) is 15.9 Å². The van der Waals surface area contributed by atoms with Gasteiger partial charge >= 0.3 is 5.69 Å². The first-order valence-corrected chi connectivity index (χ1v) is 9.82. The molecule has 0 atom stereocenters. The topological polar surface area (TPSA) is 90.9 Å². The minimum Gasteiger partial charge on any atom is -0.351 e. The number of imidazole rings is 1. The van der Waals surface area contributed by atoms with Gasteiger partial charge < -0.3 is 9.88 Å². The number of rotatable bonds is 3. The van der Waals surface area contributed by atoms with E-state index in [1.807, 2.05) is 0 Å². The number of nitrogens with zero attached hydrogens (tertiary/aromatic N) is 4. The van der Waals surface area contributed by atoms with E-state index >= 15 is 0 Å². The zero-order chi connectivity index (χ0) is 18.9. The molecule has 0 aromatic carbocycles. The average Bonchev–Trinajstić information content (AvgIpc) is 3.01. The maximum absolute atomic E-state index is 12.8. The standard InChI is InChI=1S/C19H25N5O3/c1-22-9-20-17-16(22)18(26)24(19(27)23(17)2)8-14(25)21-15-12-4-10-3-11(6-12)7-13(15)5-10/h9-13,15H,3-8H2,1-2H3,(H,21,25). The fourth-order valence-corrected chi connectivity index (χ4v) is 6.07. The van der Waals surface area contributed by atoms with E-state index in [1.54, 1.807) is 18.7 Å². The Morgan fingerprint density at radius 1 is 1.11 bits per heavy atom. The number of aromatic nitrogens is 4. The smallest absolute Gasteiger partial charge is 0.332 e. The largest absolute Gasteiger partial charge is 0.351 e. The first-order chi connectivity index (χ1) is 12.9. The molecule has 0 unspecified atom stereocenters. The van der Waals surface area contributed by atoms with Crippen molar-refractivity contribution in [1.29, 1.82) is 0 Å². The highest BCUT2D eigenvalue weighted by atomic mass is 16.2. The molecular weight excluding hydrogens is 346 g/mol. The molecule has 4 aliphatic carbocycles. The molecule has 0 aliphatic heterocycles. The van der Waals surface area contributed by atoms with Crippen LogP contribution in [0.25, 0.3) is 11.2 Å². The fourth-order valence-electron chi connectivity index (χ4n) is 6.07. The third-order valence-corrected chi connectivity index (χ3v) is 7.06. The van der Waals surface area contributed by atoms with Gasteiger partial charge in [0.05, 0.1) is 6.33 Å². The van der Waals surface area contributed by atoms with Gasteiger partial charge in [-0.25, -0.2) is 14.3 Å². The van der Waals surface area contributed by atoms with Gasteiger partial charge in [-0.2, -0.15) is 0 Å². The Kier molecular flexibility index (Phi) is 3.61. The number of carbonyl (C=O) groups is 1. The van der Waals surface area contributed by atoms with Crippen molar-refractivity contribution in [1.82, 2.24) is 24.0 Å². The van der Waals surface area contributed by atoms with Crippen LogP contribution in [0.4, 0.5) is 0 Å². The number of aryl methyl sites for hydroxylation is 2. The second-order valence-corrected chi connectivity index (χ2v) is 8.78. The van der Waals surface area contributed by atoms with Gasteiger partial charge in [0.25, 0.3) is 5.56 Å². The molecule has 1 N–H and O–H groups in total. The van der Waals surface area contributed by atoms with Crippen molar-refractivity contribution in [2.45, 2.75) is 44.7 Å². The highest BCUT2D eigenvalue weighted by molar-refractivity contribution is 5.77. The molecule has 2 heterocycles. The normalized spacial score (nSPS) is 31.6. The van der Waals surface area contributed by atoms with Crippen LogP contribution in [0.1, 0.15) is 32.1 Å². The summed E-state index contributed by atoms with van der Waals surface area (Å²) in [6.07, 6.45) is 7.71. The van der Waals surface area contributed by atoms with Gasteiger partial charge in [0.1, 0.15) is 6.54 Å². The first-order valence-electron chi connectivity index (χ1n) is 9.82. The molecule has 1 amide bonds. The van der Waals surface area contributed by atoms with Crippen LogP contribution in [0.3, 0.4) is 0 Å². The van der Waals surface area contributed by atoms with Gasteiger partial charge in [0.15, 0.2) is 11.2 Å². The van der Waals surface area contributed by atoms with Crippen LogP contribution in [-0.4, -0.2) is 30.6 Å². The summed E-state index contributed by atoms with van der Waals surface area (Å²) in [5.41, 5.74) is -0.301. The van der Waals surface area contributed by atoms with E-state index in [2.05, 4.69) is 10.3 Å². The van der Waals surface area contributed by atoms with Crippen LogP contribution >= 0.6 is 0 Å². The molecule has 4 saturated carbocycles. The van der Waals surface area contributed by atoms with Crippen molar-refractivity contribution in [2.24, 2.45) is 37.8 Å². The summed E-state index contributed by atoms with van der Waals surface area (Å²) in [5, 5.41) is 3.17. The molecule has 2 aromatic rings. The van der Waals surface area contributed by atoms with Crippen molar-refractivity contribution in [3.8, 4) is 0 Å². The molecule has 27 heavy (non-hydrogen) atoms. The van der Waals surface area contributed by atoms with Crippen LogP contribution in [-0.2, 0) is 25.4 Å². The van der Waals surface area contributed by atoms with E-state index in [9.17, 15) is 14.4 Å². The minimum absolute atomic E-state index is 0.199. The Morgan fingerprint density at radius 3 is 2.37 bits per heavy atom. The maximum Gasteiger partial charge on any atom is 0.332 e. The van der Waals surface area contributed by atoms with Crippen LogP contribution in [0.2, 0.25) is 0 Å². The SMILES string of the molecule is Cn1cnc2c1c(=O)n(CC(=O)NC1C3CC4CC(C3)CC1C4)c(=O)n2C. The van der Waals surface area contributed by atoms with E-state index in [0.717, 1.165) is 16.4 Å². The van der Waals surface area contributed by atoms with Gasteiger partial charge in [0, 0.05) is 20.1 Å². The number of amides is 1. The predicted octanol–water partition coefficient (Wildman–Crippen LogP) is 0.375. The van der Waals surface area contributed by atoms with E-state index in [1.165, 1.54) is 43.0 Å². The Bertz CT molecular complexity index is 1020. The summed E-state index contributed by atoms with van der Waals surface area (Å²) in [6.45, 7) is -0.241. The van der Waals surface area contributed by atoms with E-state index in [0.29, 0.717) is 23.0 Å². The maximum atomic E-state index is 12.8. The lowest BCUT2D eigenvalue weighted by Gasteiger charge is -2.54. The lowest BCUT2D eigenvalue weighted by atomic mass is 9.54. The van der Waals surface area contributed by atoms with Crippen molar-refractivity contribution in [3.63, 3.8) is 0 Å². The van der Waals surface area contributed by atoms with E-state index in [4.69, 9.17) is 0 Å². The number of hydrogen-bond donors (Lipinski definition) is 1. The van der Waals surface area contributed by atoms with Gasteiger partial charge in [0.2, 0.25) is 5.91 Å². The molecule has 4 fully saturated rings. The van der Waals surface area contributed by atoms with Gasteiger partial charge in [-0.15, -0.1) is 0 Å². The molecular formula is C19H25N5O3. The third-order valence-electron chi connectivity index (χ3n) is 7.06. The molecule has 4 bridgehead atoms. The zero-order valence-electron chi connectivity index (χ0n) is 15.7. The van der Waals surface area contributed by atoms with Crippen molar-refractivity contribution >= 4 is 17.1 Å². The Morgan fingerprint density at radius 2 is 1.74 bits per heavy atom. The third kappa shape index (κ3) is 2.49. The monoisotopic (exact) mass is 371 g/mol. The van der Waals surface area contributed by atoms with Crippen molar-refractivity contribution in [2.75, 3.05) is 0 Å². The molecule has 8 nitrogen and oxygen atoms in total. The molecule has 6 rings (SSSR count). The summed E-state index contributed by atoms with van der Waals surface area (Å²) in [4.78, 5) is 42.2. The molecule has 4 aliphatic rings. The Labute approximate surface area is 156 Å². The van der Waals surface area contributed by atoms with Crippen LogP contribution in [0.5, 0.6) is 0 Å². The van der Waals surface area contributed by atoms with Gasteiger partial charge in [-0.05, 0) is 55.8 Å². The second-order valence-electron chi connectivity index (χ2n) is 8.78. The molecule has 2 aromatic heterocycles. The first kappa shape index (κ1) is 16.8. The number of nitrogens with one attached hydrogen (secondary N) is 1. The lowest BCUT2D eigenvalue weighted by Crippen LogP contribution is -2.56. The second kappa shape index (κ2) is 5.81. The van der Waals surface area contributed by atoms with Gasteiger partial charge in [-0.1, -0.05) is 0 Å². The Balaban J connectivity index is 1.41. The Hall–Kier alpha value is -2.38. The fraction of sp³-hybridized carbons (Fsp3) is 0.684. The zero-order valence-corrected chi connectivity index (χ0v) is 15.7. The van der Waals surface area contributed by atoms with Crippen LogP contribution in [0, 0.1) is 23.7 Å². The van der Waals surface area contributed by atoms with Crippen LogP contribution < -0.4 is 16.6 Å². The molecule has 0 saturated heterocycles. The number of fused-ring (bicyclic) bond motifs is 1. The summed E-state index contributed by atoms with van der Waals surface area (Å²) >= 11 is 0. The van der Waals surface area contributed by atoms with E-state index < -0.39 is 11.2 Å². The molecule has 0 spiro atoms.